The molecule has 0 spiro atoms. The van der Waals surface area contributed by atoms with Crippen LogP contribution in [0, 0.1) is 0 Å². The van der Waals surface area contributed by atoms with Crippen LogP contribution in [0.4, 0.5) is 8.78 Å². The van der Waals surface area contributed by atoms with Crippen LogP contribution in [-0.4, -0.2) is 55.2 Å². The first-order valence-corrected chi connectivity index (χ1v) is 14.2. The molecule has 3 aromatic rings. The van der Waals surface area contributed by atoms with Gasteiger partial charge in [0.25, 0.3) is 6.43 Å². The molecule has 2 heterocycles. The Balaban J connectivity index is 1.82. The summed E-state index contributed by atoms with van der Waals surface area (Å²) < 4.78 is 51.6. The summed E-state index contributed by atoms with van der Waals surface area (Å²) in [6.07, 6.45) is -0.746. The highest BCUT2D eigenvalue weighted by atomic mass is 79.9. The first kappa shape index (κ1) is 29.9. The third kappa shape index (κ3) is 6.80. The summed E-state index contributed by atoms with van der Waals surface area (Å²) in [4.78, 5) is 11.6. The second-order valence-corrected chi connectivity index (χ2v) is 11.6. The van der Waals surface area contributed by atoms with Crippen LogP contribution in [0.5, 0.6) is 23.0 Å². The lowest BCUT2D eigenvalue weighted by atomic mass is 9.91. The van der Waals surface area contributed by atoms with E-state index in [4.69, 9.17) is 23.9 Å². The zero-order valence-corrected chi connectivity index (χ0v) is 25.4. The van der Waals surface area contributed by atoms with E-state index in [1.807, 2.05) is 42.2 Å². The number of ether oxygens (including phenoxy) is 4. The summed E-state index contributed by atoms with van der Waals surface area (Å²) in [5, 5.41) is -0.493. The van der Waals surface area contributed by atoms with Crippen molar-refractivity contribution in [3.63, 3.8) is 0 Å². The van der Waals surface area contributed by atoms with Gasteiger partial charge in [-0.2, -0.15) is 0 Å². The average Bonchev–Trinajstić information content (AvgIpc) is 2.96. The van der Waals surface area contributed by atoms with Gasteiger partial charge in [0.15, 0.2) is 5.17 Å². The van der Waals surface area contributed by atoms with E-state index in [-0.39, 0.29) is 6.42 Å². The van der Waals surface area contributed by atoms with Gasteiger partial charge in [-0.15, -0.1) is 0 Å². The highest BCUT2D eigenvalue weighted by Crippen LogP contribution is 2.43. The molecule has 1 aliphatic rings. The molecule has 2 aromatic carbocycles. The van der Waals surface area contributed by atoms with Gasteiger partial charge in [0.05, 0.1) is 39.4 Å². The number of pyridine rings is 1. The van der Waals surface area contributed by atoms with Gasteiger partial charge < -0.3 is 23.8 Å². The number of amidine groups is 1. The van der Waals surface area contributed by atoms with Crippen LogP contribution in [0.1, 0.15) is 30.2 Å². The Kier molecular flexibility index (Phi) is 9.78. The molecule has 0 fully saturated rings. The largest absolute Gasteiger partial charge is 0.497 e. The van der Waals surface area contributed by atoms with Crippen molar-refractivity contribution in [1.82, 2.24) is 9.88 Å². The van der Waals surface area contributed by atoms with Crippen LogP contribution in [-0.2, 0) is 18.6 Å². The molecule has 0 N–H and O–H groups in total. The van der Waals surface area contributed by atoms with Gasteiger partial charge >= 0.3 is 0 Å². The Hall–Kier alpha value is -3.05. The molecule has 0 radical (unpaired) electrons. The van der Waals surface area contributed by atoms with Crippen molar-refractivity contribution in [2.24, 2.45) is 4.99 Å². The van der Waals surface area contributed by atoms with Gasteiger partial charge in [-0.3, -0.25) is 4.98 Å². The van der Waals surface area contributed by atoms with Crippen LogP contribution >= 0.6 is 27.7 Å². The summed E-state index contributed by atoms with van der Waals surface area (Å²) in [6, 6.07) is 14.7. The highest BCUT2D eigenvalue weighted by molar-refractivity contribution is 9.10. The lowest BCUT2D eigenvalue weighted by molar-refractivity contribution is 0.131. The lowest BCUT2D eigenvalue weighted by Crippen LogP contribution is -2.40. The zero-order valence-electron chi connectivity index (χ0n) is 23.0. The summed E-state index contributed by atoms with van der Waals surface area (Å²) in [6.45, 7) is 2.54. The van der Waals surface area contributed by atoms with Crippen LogP contribution in [0.2, 0.25) is 0 Å². The molecule has 11 heteroatoms. The molecular formula is C29H32BrF2N3O4S. The van der Waals surface area contributed by atoms with Crippen LogP contribution in [0.3, 0.4) is 0 Å². The zero-order chi connectivity index (χ0) is 28.9. The number of halogens is 3. The molecule has 40 heavy (non-hydrogen) atoms. The molecule has 0 bridgehead atoms. The molecule has 1 unspecified atom stereocenters. The van der Waals surface area contributed by atoms with E-state index in [9.17, 15) is 8.78 Å². The van der Waals surface area contributed by atoms with E-state index in [1.54, 1.807) is 52.8 Å². The highest BCUT2D eigenvalue weighted by Gasteiger charge is 2.41. The molecule has 0 saturated heterocycles. The molecule has 0 aliphatic carbocycles. The number of rotatable bonds is 10. The maximum atomic E-state index is 14.4. The summed E-state index contributed by atoms with van der Waals surface area (Å²) >= 11 is 4.57. The number of methoxy groups -OCH3 is 4. The standard InChI is InChI=1S/C29H32BrF2N3O4S/c1-29(26-12-20(30)10-11-33-26)15-25(27(31)32)40-28(34-29)35(16-18-6-8-21(36-2)13-23(18)38-4)17-19-7-9-22(37-3)14-24(19)39-5/h6-14,25,27H,15-17H2,1-5H3/t25?,29-/m0/s1. The van der Waals surface area contributed by atoms with E-state index in [1.165, 1.54) is 0 Å². The monoisotopic (exact) mass is 635 g/mol. The maximum absolute atomic E-state index is 14.4. The van der Waals surface area contributed by atoms with Crippen molar-refractivity contribution in [2.75, 3.05) is 28.4 Å². The number of hydrogen-bond donors (Lipinski definition) is 0. The number of aliphatic imine (C=N–C) groups is 1. The maximum Gasteiger partial charge on any atom is 0.250 e. The average molecular weight is 637 g/mol. The smallest absolute Gasteiger partial charge is 0.250 e. The topological polar surface area (TPSA) is 65.4 Å². The van der Waals surface area contributed by atoms with Crippen molar-refractivity contribution in [1.29, 1.82) is 0 Å². The second-order valence-electron chi connectivity index (χ2n) is 9.43. The van der Waals surface area contributed by atoms with Gasteiger partial charge in [0.1, 0.15) is 28.5 Å². The summed E-state index contributed by atoms with van der Waals surface area (Å²) in [7, 11) is 6.35. The van der Waals surface area contributed by atoms with Crippen molar-refractivity contribution in [3.05, 3.63) is 76.0 Å². The molecule has 0 amide bonds. The van der Waals surface area contributed by atoms with E-state index in [0.29, 0.717) is 46.9 Å². The van der Waals surface area contributed by atoms with Gasteiger partial charge in [0, 0.05) is 47.0 Å². The quantitative estimate of drug-likeness (QED) is 0.239. The van der Waals surface area contributed by atoms with Gasteiger partial charge in [-0.25, -0.2) is 13.8 Å². The Morgan fingerprint density at radius 3 is 1.98 bits per heavy atom. The number of alkyl halides is 2. The molecule has 1 aliphatic heterocycles. The van der Waals surface area contributed by atoms with Crippen molar-refractivity contribution >= 4 is 32.9 Å². The van der Waals surface area contributed by atoms with Crippen molar-refractivity contribution in [3.8, 4) is 23.0 Å². The fourth-order valence-electron chi connectivity index (χ4n) is 4.57. The molecule has 0 saturated carbocycles. The summed E-state index contributed by atoms with van der Waals surface area (Å²) in [5.74, 6) is 2.54. The molecule has 4 rings (SSSR count). The molecule has 214 valence electrons. The van der Waals surface area contributed by atoms with Gasteiger partial charge in [0.2, 0.25) is 0 Å². The van der Waals surface area contributed by atoms with Crippen LogP contribution in [0.25, 0.3) is 0 Å². The fourth-order valence-corrected chi connectivity index (χ4v) is 6.22. The van der Waals surface area contributed by atoms with Crippen molar-refractivity contribution < 1.29 is 27.7 Å². The number of aromatic nitrogens is 1. The minimum Gasteiger partial charge on any atom is -0.497 e. The molecule has 2 atom stereocenters. The predicted molar refractivity (Wildman–Crippen MR) is 157 cm³/mol. The number of thioether (sulfide) groups is 1. The number of nitrogens with zero attached hydrogens (tertiary/aromatic N) is 3. The first-order valence-electron chi connectivity index (χ1n) is 12.5. The second kappa shape index (κ2) is 13.1. The van der Waals surface area contributed by atoms with Crippen LogP contribution < -0.4 is 18.9 Å². The Bertz CT molecular complexity index is 1310. The van der Waals surface area contributed by atoms with E-state index < -0.39 is 17.2 Å². The van der Waals surface area contributed by atoms with E-state index in [2.05, 4.69) is 20.9 Å². The SMILES string of the molecule is COc1ccc(CN(Cc2ccc(OC)cc2OC)C2=N[C@](C)(c3cc(Br)ccn3)CC(C(F)F)S2)c(OC)c1. The third-order valence-corrected chi connectivity index (χ3v) is 8.46. The lowest BCUT2D eigenvalue weighted by Gasteiger charge is -2.38. The first-order chi connectivity index (χ1) is 19.2. The Morgan fingerprint density at radius 1 is 0.925 bits per heavy atom. The van der Waals surface area contributed by atoms with Gasteiger partial charge in [-0.1, -0.05) is 27.7 Å². The molecule has 7 nitrogen and oxygen atoms in total. The minimum atomic E-state index is -2.55. The predicted octanol–water partition coefficient (Wildman–Crippen LogP) is 6.92. The number of benzene rings is 2. The Labute approximate surface area is 246 Å². The normalized spacial score (nSPS) is 18.7. The van der Waals surface area contributed by atoms with Crippen molar-refractivity contribution in [2.45, 2.75) is 43.6 Å². The minimum absolute atomic E-state index is 0.147. The Morgan fingerprint density at radius 2 is 1.50 bits per heavy atom. The molecular weight excluding hydrogens is 604 g/mol. The molecule has 1 aromatic heterocycles. The van der Waals surface area contributed by atoms with Crippen LogP contribution in [0.15, 0.2) is 64.2 Å². The third-order valence-electron chi connectivity index (χ3n) is 6.73. The van der Waals surface area contributed by atoms with E-state index in [0.717, 1.165) is 27.4 Å². The van der Waals surface area contributed by atoms with E-state index >= 15 is 0 Å². The van der Waals surface area contributed by atoms with Gasteiger partial charge in [-0.05, 0) is 49.7 Å². The fraction of sp³-hybridized carbons (Fsp3) is 0.379. The number of hydrogen-bond acceptors (Lipinski definition) is 8. The summed E-state index contributed by atoms with van der Waals surface area (Å²) in [5.41, 5.74) is 1.35.